The van der Waals surface area contributed by atoms with Crippen molar-refractivity contribution < 1.29 is 13.9 Å². The first-order valence-corrected chi connectivity index (χ1v) is 5.89. The molecule has 2 rings (SSSR count). The highest BCUT2D eigenvalue weighted by Gasteiger charge is 2.13. The Hall–Kier alpha value is -2.07. The van der Waals surface area contributed by atoms with Crippen molar-refractivity contribution in [1.82, 2.24) is 0 Å². The van der Waals surface area contributed by atoms with E-state index in [2.05, 4.69) is 5.32 Å². The lowest BCUT2D eigenvalue weighted by Gasteiger charge is -2.09. The summed E-state index contributed by atoms with van der Waals surface area (Å²) in [6.45, 7) is 0. The largest absolute Gasteiger partial charge is 0.495 e. The molecule has 98 valence electrons. The number of rotatable bonds is 3. The molecule has 0 radical (unpaired) electrons. The average molecular weight is 280 g/mol. The van der Waals surface area contributed by atoms with Gasteiger partial charge in [-0.05, 0) is 36.4 Å². The van der Waals surface area contributed by atoms with Crippen LogP contribution in [-0.4, -0.2) is 13.0 Å². The first kappa shape index (κ1) is 13.4. The van der Waals surface area contributed by atoms with Crippen LogP contribution in [0.25, 0.3) is 0 Å². The highest BCUT2D eigenvalue weighted by Crippen LogP contribution is 2.28. The van der Waals surface area contributed by atoms with Gasteiger partial charge in [-0.15, -0.1) is 0 Å². The standard InChI is InChI=1S/C14H11ClFNO2/c1-19-12-4-2-3-11(13(12)15)14(18)17-10-7-5-9(16)6-8-10/h2-8H,1H3,(H,17,18). The monoisotopic (exact) mass is 279 g/mol. The predicted molar refractivity (Wildman–Crippen MR) is 72.4 cm³/mol. The zero-order valence-electron chi connectivity index (χ0n) is 10.1. The first-order chi connectivity index (χ1) is 9.11. The number of hydrogen-bond donors (Lipinski definition) is 1. The van der Waals surface area contributed by atoms with E-state index in [9.17, 15) is 9.18 Å². The van der Waals surface area contributed by atoms with Gasteiger partial charge in [0.25, 0.3) is 5.91 Å². The number of amides is 1. The van der Waals surface area contributed by atoms with Crippen molar-refractivity contribution in [3.8, 4) is 5.75 Å². The molecule has 0 aliphatic heterocycles. The van der Waals surface area contributed by atoms with E-state index in [0.29, 0.717) is 17.0 Å². The summed E-state index contributed by atoms with van der Waals surface area (Å²) in [5.74, 6) is -0.318. The van der Waals surface area contributed by atoms with E-state index in [1.54, 1.807) is 18.2 Å². The maximum absolute atomic E-state index is 12.8. The van der Waals surface area contributed by atoms with Gasteiger partial charge in [-0.1, -0.05) is 17.7 Å². The van der Waals surface area contributed by atoms with Crippen molar-refractivity contribution in [2.24, 2.45) is 0 Å². The summed E-state index contributed by atoms with van der Waals surface area (Å²) in [6, 6.07) is 10.4. The fourth-order valence-corrected chi connectivity index (χ4v) is 1.86. The minimum atomic E-state index is -0.379. The molecule has 0 heterocycles. The lowest BCUT2D eigenvalue weighted by Crippen LogP contribution is -2.12. The Labute approximate surface area is 115 Å². The quantitative estimate of drug-likeness (QED) is 0.929. The van der Waals surface area contributed by atoms with Crippen molar-refractivity contribution in [2.75, 3.05) is 12.4 Å². The molecule has 2 aromatic carbocycles. The second kappa shape index (κ2) is 5.71. The van der Waals surface area contributed by atoms with Crippen LogP contribution in [-0.2, 0) is 0 Å². The molecule has 0 saturated carbocycles. The Morgan fingerprint density at radius 2 is 1.89 bits per heavy atom. The highest BCUT2D eigenvalue weighted by molar-refractivity contribution is 6.35. The van der Waals surface area contributed by atoms with E-state index in [4.69, 9.17) is 16.3 Å². The molecule has 0 atom stereocenters. The number of anilines is 1. The minimum Gasteiger partial charge on any atom is -0.495 e. The fourth-order valence-electron chi connectivity index (χ4n) is 1.58. The average Bonchev–Trinajstić information content (AvgIpc) is 2.41. The molecule has 0 unspecified atom stereocenters. The van der Waals surface area contributed by atoms with E-state index < -0.39 is 0 Å². The summed E-state index contributed by atoms with van der Waals surface area (Å²) in [6.07, 6.45) is 0. The molecule has 5 heteroatoms. The molecule has 0 aliphatic rings. The third-order valence-electron chi connectivity index (χ3n) is 2.53. The fraction of sp³-hybridized carbons (Fsp3) is 0.0714. The molecular formula is C14H11ClFNO2. The molecule has 0 spiro atoms. The van der Waals surface area contributed by atoms with Gasteiger partial charge in [0.15, 0.2) is 0 Å². The summed E-state index contributed by atoms with van der Waals surface area (Å²) < 4.78 is 17.8. The Kier molecular flexibility index (Phi) is 4.02. The summed E-state index contributed by atoms with van der Waals surface area (Å²) in [5, 5.41) is 2.87. The Balaban J connectivity index is 2.23. The second-order valence-electron chi connectivity index (χ2n) is 3.78. The Bertz CT molecular complexity index is 599. The number of benzene rings is 2. The summed E-state index contributed by atoms with van der Waals surface area (Å²) >= 11 is 6.05. The first-order valence-electron chi connectivity index (χ1n) is 5.51. The van der Waals surface area contributed by atoms with Gasteiger partial charge in [0.1, 0.15) is 11.6 Å². The van der Waals surface area contributed by atoms with Gasteiger partial charge in [0.05, 0.1) is 17.7 Å². The topological polar surface area (TPSA) is 38.3 Å². The van der Waals surface area contributed by atoms with E-state index in [1.807, 2.05) is 0 Å². The lowest BCUT2D eigenvalue weighted by molar-refractivity contribution is 0.102. The lowest BCUT2D eigenvalue weighted by atomic mass is 10.2. The third-order valence-corrected chi connectivity index (χ3v) is 2.92. The van der Waals surface area contributed by atoms with E-state index in [0.717, 1.165) is 0 Å². The number of hydrogen-bond acceptors (Lipinski definition) is 2. The normalized spacial score (nSPS) is 10.1. The van der Waals surface area contributed by atoms with Crippen molar-refractivity contribution in [3.05, 3.63) is 58.9 Å². The van der Waals surface area contributed by atoms with Crippen LogP contribution < -0.4 is 10.1 Å². The molecule has 19 heavy (non-hydrogen) atoms. The van der Waals surface area contributed by atoms with Gasteiger partial charge in [-0.3, -0.25) is 4.79 Å². The number of carbonyl (C=O) groups excluding carboxylic acids is 1. The predicted octanol–water partition coefficient (Wildman–Crippen LogP) is 3.74. The SMILES string of the molecule is COc1cccc(C(=O)Nc2ccc(F)cc2)c1Cl. The molecule has 3 nitrogen and oxygen atoms in total. The van der Waals surface area contributed by atoms with Crippen molar-refractivity contribution in [1.29, 1.82) is 0 Å². The molecule has 0 aliphatic carbocycles. The summed E-state index contributed by atoms with van der Waals surface area (Å²) in [4.78, 5) is 12.0. The maximum atomic E-state index is 12.8. The van der Waals surface area contributed by atoms with Crippen LogP contribution in [0.1, 0.15) is 10.4 Å². The van der Waals surface area contributed by atoms with Crippen molar-refractivity contribution in [2.45, 2.75) is 0 Å². The van der Waals surface area contributed by atoms with E-state index >= 15 is 0 Å². The number of methoxy groups -OCH3 is 1. The molecule has 0 fully saturated rings. The van der Waals surface area contributed by atoms with Crippen LogP contribution in [0.3, 0.4) is 0 Å². The summed E-state index contributed by atoms with van der Waals surface area (Å²) in [5.41, 5.74) is 0.788. The molecule has 0 saturated heterocycles. The molecule has 2 aromatic rings. The van der Waals surface area contributed by atoms with Crippen molar-refractivity contribution >= 4 is 23.2 Å². The van der Waals surface area contributed by atoms with Crippen LogP contribution in [0.15, 0.2) is 42.5 Å². The van der Waals surface area contributed by atoms with Gasteiger partial charge >= 0.3 is 0 Å². The van der Waals surface area contributed by atoms with Crippen LogP contribution in [0.4, 0.5) is 10.1 Å². The van der Waals surface area contributed by atoms with Gasteiger partial charge in [-0.25, -0.2) is 4.39 Å². The van der Waals surface area contributed by atoms with Crippen LogP contribution >= 0.6 is 11.6 Å². The molecule has 0 aromatic heterocycles. The van der Waals surface area contributed by atoms with Gasteiger partial charge in [0, 0.05) is 5.69 Å². The molecular weight excluding hydrogens is 269 g/mol. The number of carbonyl (C=O) groups is 1. The van der Waals surface area contributed by atoms with Gasteiger partial charge in [-0.2, -0.15) is 0 Å². The maximum Gasteiger partial charge on any atom is 0.257 e. The number of ether oxygens (including phenoxy) is 1. The Morgan fingerprint density at radius 1 is 1.21 bits per heavy atom. The van der Waals surface area contributed by atoms with Crippen LogP contribution in [0.5, 0.6) is 5.75 Å². The van der Waals surface area contributed by atoms with E-state index in [1.165, 1.54) is 31.4 Å². The van der Waals surface area contributed by atoms with Gasteiger partial charge < -0.3 is 10.1 Å². The molecule has 1 N–H and O–H groups in total. The second-order valence-corrected chi connectivity index (χ2v) is 4.16. The minimum absolute atomic E-state index is 0.240. The highest BCUT2D eigenvalue weighted by atomic mass is 35.5. The van der Waals surface area contributed by atoms with E-state index in [-0.39, 0.29) is 16.7 Å². The Morgan fingerprint density at radius 3 is 2.53 bits per heavy atom. The molecule has 0 bridgehead atoms. The number of halogens is 2. The number of nitrogens with one attached hydrogen (secondary N) is 1. The summed E-state index contributed by atoms with van der Waals surface area (Å²) in [7, 11) is 1.48. The molecule has 1 amide bonds. The van der Waals surface area contributed by atoms with Crippen molar-refractivity contribution in [3.63, 3.8) is 0 Å². The third kappa shape index (κ3) is 3.03. The van der Waals surface area contributed by atoms with Crippen LogP contribution in [0, 0.1) is 5.82 Å². The smallest absolute Gasteiger partial charge is 0.257 e. The van der Waals surface area contributed by atoms with Crippen LogP contribution in [0.2, 0.25) is 5.02 Å². The zero-order chi connectivity index (χ0) is 13.8. The van der Waals surface area contributed by atoms with Gasteiger partial charge in [0.2, 0.25) is 0 Å². The zero-order valence-corrected chi connectivity index (χ0v) is 10.9.